The van der Waals surface area contributed by atoms with Crippen molar-refractivity contribution < 1.29 is 19.8 Å². The summed E-state index contributed by atoms with van der Waals surface area (Å²) in [7, 11) is 0. The third-order valence-corrected chi connectivity index (χ3v) is 3.52. The van der Waals surface area contributed by atoms with Crippen LogP contribution in [0.2, 0.25) is 0 Å². The number of rotatable bonds is 4. The molecule has 19 heavy (non-hydrogen) atoms. The first-order valence-electron chi connectivity index (χ1n) is 6.27. The molecule has 0 spiro atoms. The molecular weight excluding hydrogens is 246 g/mol. The summed E-state index contributed by atoms with van der Waals surface area (Å²) in [6, 6.07) is 5.30. The van der Waals surface area contributed by atoms with Gasteiger partial charge < -0.3 is 19.8 Å². The average molecular weight is 265 g/mol. The number of ether oxygens (including phenoxy) is 2. The van der Waals surface area contributed by atoms with Gasteiger partial charge in [0.25, 0.3) is 0 Å². The second kappa shape index (κ2) is 5.09. The summed E-state index contributed by atoms with van der Waals surface area (Å²) in [5, 5.41) is 22.1. The lowest BCUT2D eigenvalue weighted by Gasteiger charge is -2.27. The lowest BCUT2D eigenvalue weighted by atomic mass is 9.94. The van der Waals surface area contributed by atoms with Gasteiger partial charge in [-0.05, 0) is 25.0 Å². The summed E-state index contributed by atoms with van der Waals surface area (Å²) in [4.78, 5) is 0. The van der Waals surface area contributed by atoms with Gasteiger partial charge in [-0.25, -0.2) is 0 Å². The van der Waals surface area contributed by atoms with E-state index < -0.39 is 5.60 Å². The van der Waals surface area contributed by atoms with Crippen LogP contribution in [0.3, 0.4) is 0 Å². The van der Waals surface area contributed by atoms with E-state index in [0.29, 0.717) is 17.2 Å². The second-order valence-corrected chi connectivity index (χ2v) is 5.29. The summed E-state index contributed by atoms with van der Waals surface area (Å²) >= 11 is 0. The zero-order valence-electron chi connectivity index (χ0n) is 11.4. The summed E-state index contributed by atoms with van der Waals surface area (Å²) < 4.78 is 11.0. The third-order valence-electron chi connectivity index (χ3n) is 3.52. The molecule has 5 nitrogen and oxygen atoms in total. The molecule has 1 heterocycles. The third kappa shape index (κ3) is 2.81. The van der Waals surface area contributed by atoms with Crippen molar-refractivity contribution >= 4 is 5.71 Å². The first kappa shape index (κ1) is 13.7. The summed E-state index contributed by atoms with van der Waals surface area (Å²) in [6.45, 7) is 6.11. The summed E-state index contributed by atoms with van der Waals surface area (Å²) in [5.74, 6) is 1.36. The highest BCUT2D eigenvalue weighted by Crippen LogP contribution is 2.30. The van der Waals surface area contributed by atoms with Crippen LogP contribution in [-0.2, 0) is 0 Å². The highest BCUT2D eigenvalue weighted by Gasteiger charge is 2.26. The molecule has 0 fully saturated rings. The fourth-order valence-electron chi connectivity index (χ4n) is 1.65. The van der Waals surface area contributed by atoms with Gasteiger partial charge in [0.15, 0.2) is 0 Å². The molecule has 0 aliphatic carbocycles. The maximum Gasteiger partial charge on any atom is 0.134 e. The van der Waals surface area contributed by atoms with Crippen LogP contribution in [0, 0.1) is 5.92 Å². The number of benzene rings is 1. The van der Waals surface area contributed by atoms with Gasteiger partial charge in [-0.1, -0.05) is 19.0 Å². The smallest absolute Gasteiger partial charge is 0.134 e. The van der Waals surface area contributed by atoms with E-state index in [1.807, 2.05) is 13.8 Å². The van der Waals surface area contributed by atoms with Crippen molar-refractivity contribution in [2.75, 3.05) is 13.2 Å². The molecule has 0 amide bonds. The average Bonchev–Trinajstić information content (AvgIpc) is 2.78. The van der Waals surface area contributed by atoms with Crippen LogP contribution in [0.4, 0.5) is 0 Å². The van der Waals surface area contributed by atoms with Gasteiger partial charge in [0, 0.05) is 11.6 Å². The van der Waals surface area contributed by atoms with Gasteiger partial charge in [-0.3, -0.25) is 0 Å². The topological polar surface area (TPSA) is 71.3 Å². The second-order valence-electron chi connectivity index (χ2n) is 5.29. The lowest BCUT2D eigenvalue weighted by molar-refractivity contribution is -0.0266. The van der Waals surface area contributed by atoms with Crippen molar-refractivity contribution in [3.05, 3.63) is 23.8 Å². The molecular formula is C14H19NO4. The normalized spacial score (nSPS) is 19.1. The summed E-state index contributed by atoms with van der Waals surface area (Å²) in [6.07, 6.45) is 0. The van der Waals surface area contributed by atoms with Gasteiger partial charge in [0.1, 0.15) is 30.4 Å². The van der Waals surface area contributed by atoms with Crippen molar-refractivity contribution in [1.82, 2.24) is 0 Å². The van der Waals surface area contributed by atoms with E-state index in [-0.39, 0.29) is 19.1 Å². The largest absolute Gasteiger partial charge is 0.490 e. The Labute approximate surface area is 112 Å². The Morgan fingerprint density at radius 1 is 1.47 bits per heavy atom. The first-order chi connectivity index (χ1) is 8.94. The van der Waals surface area contributed by atoms with E-state index in [2.05, 4.69) is 5.16 Å². The van der Waals surface area contributed by atoms with E-state index in [1.165, 1.54) is 0 Å². The van der Waals surface area contributed by atoms with Crippen LogP contribution >= 0.6 is 0 Å². The standard InChI is InChI=1S/C14H19NO4/c1-9(2)14(3,16)8-19-10-4-5-11-12(15-17)7-18-13(11)6-10/h4-6,9,16-17H,7-8H2,1-3H3/b15-12+. The van der Waals surface area contributed by atoms with E-state index >= 15 is 0 Å². The Kier molecular flexibility index (Phi) is 3.66. The Balaban J connectivity index is 2.08. The fraction of sp³-hybridized carbons (Fsp3) is 0.500. The molecule has 1 aromatic rings. The van der Waals surface area contributed by atoms with E-state index in [4.69, 9.17) is 14.7 Å². The maximum absolute atomic E-state index is 10.1. The number of hydrogen-bond donors (Lipinski definition) is 2. The number of fused-ring (bicyclic) bond motifs is 1. The molecule has 2 N–H and O–H groups in total. The van der Waals surface area contributed by atoms with Gasteiger partial charge in [0.05, 0.1) is 5.60 Å². The Hall–Kier alpha value is -1.75. The minimum atomic E-state index is -0.877. The molecule has 0 saturated heterocycles. The zero-order chi connectivity index (χ0) is 14.0. The van der Waals surface area contributed by atoms with Gasteiger partial charge in [-0.2, -0.15) is 0 Å². The molecule has 1 atom stereocenters. The molecule has 1 unspecified atom stereocenters. The van der Waals surface area contributed by atoms with Crippen LogP contribution in [0.25, 0.3) is 0 Å². The quantitative estimate of drug-likeness (QED) is 0.645. The van der Waals surface area contributed by atoms with E-state index in [1.54, 1.807) is 25.1 Å². The molecule has 0 radical (unpaired) electrons. The first-order valence-corrected chi connectivity index (χ1v) is 6.27. The Morgan fingerprint density at radius 2 is 2.21 bits per heavy atom. The van der Waals surface area contributed by atoms with Crippen molar-refractivity contribution in [3.63, 3.8) is 0 Å². The predicted octanol–water partition coefficient (Wildman–Crippen LogP) is 2.04. The predicted molar refractivity (Wildman–Crippen MR) is 71.2 cm³/mol. The van der Waals surface area contributed by atoms with Crippen molar-refractivity contribution in [3.8, 4) is 11.5 Å². The van der Waals surface area contributed by atoms with Crippen LogP contribution in [0.5, 0.6) is 11.5 Å². The van der Waals surface area contributed by atoms with Crippen molar-refractivity contribution in [2.24, 2.45) is 11.1 Å². The van der Waals surface area contributed by atoms with Crippen LogP contribution < -0.4 is 9.47 Å². The van der Waals surface area contributed by atoms with Crippen molar-refractivity contribution in [1.29, 1.82) is 0 Å². The Morgan fingerprint density at radius 3 is 2.84 bits per heavy atom. The minimum absolute atomic E-state index is 0.103. The SMILES string of the molecule is CC(C)C(C)(O)COc1ccc2c(c1)OC/C2=N\O. The molecule has 1 aliphatic rings. The van der Waals surface area contributed by atoms with Crippen LogP contribution in [0.1, 0.15) is 26.3 Å². The molecule has 1 aromatic carbocycles. The summed E-state index contributed by atoms with van der Waals surface area (Å²) in [5.41, 5.74) is 0.401. The molecule has 1 aliphatic heterocycles. The Bertz CT molecular complexity index is 494. The highest BCUT2D eigenvalue weighted by molar-refractivity contribution is 6.05. The number of hydrogen-bond acceptors (Lipinski definition) is 5. The molecule has 104 valence electrons. The van der Waals surface area contributed by atoms with Crippen LogP contribution in [-0.4, -0.2) is 34.8 Å². The fourth-order valence-corrected chi connectivity index (χ4v) is 1.65. The van der Waals surface area contributed by atoms with Gasteiger partial charge in [0.2, 0.25) is 0 Å². The van der Waals surface area contributed by atoms with Crippen molar-refractivity contribution in [2.45, 2.75) is 26.4 Å². The van der Waals surface area contributed by atoms with Crippen LogP contribution in [0.15, 0.2) is 23.4 Å². The molecule has 5 heteroatoms. The number of nitrogens with zero attached hydrogens (tertiary/aromatic N) is 1. The zero-order valence-corrected chi connectivity index (χ0v) is 11.4. The number of oxime groups is 1. The van der Waals surface area contributed by atoms with E-state index in [0.717, 1.165) is 5.56 Å². The molecule has 0 saturated carbocycles. The van der Waals surface area contributed by atoms with E-state index in [9.17, 15) is 5.11 Å². The molecule has 2 rings (SSSR count). The molecule has 0 aromatic heterocycles. The molecule has 0 bridgehead atoms. The highest BCUT2D eigenvalue weighted by atomic mass is 16.5. The minimum Gasteiger partial charge on any atom is -0.490 e. The van der Waals surface area contributed by atoms with Gasteiger partial charge >= 0.3 is 0 Å². The lowest BCUT2D eigenvalue weighted by Crippen LogP contribution is -2.37. The monoisotopic (exact) mass is 265 g/mol. The van der Waals surface area contributed by atoms with Gasteiger partial charge in [-0.15, -0.1) is 0 Å². The maximum atomic E-state index is 10.1. The number of aliphatic hydroxyl groups is 1.